The second-order valence-corrected chi connectivity index (χ2v) is 3.74. The van der Waals surface area contributed by atoms with Gasteiger partial charge in [-0.25, -0.2) is 0 Å². The maximum atomic E-state index is 5.43. The van der Waals surface area contributed by atoms with Gasteiger partial charge in [0.05, 0.1) is 13.2 Å². The van der Waals surface area contributed by atoms with Crippen LogP contribution in [-0.2, 0) is 4.74 Å². The first kappa shape index (κ1) is 8.48. The molecule has 70 valence electrons. The molecule has 2 aliphatic heterocycles. The lowest BCUT2D eigenvalue weighted by atomic mass is 10.1. The van der Waals surface area contributed by atoms with E-state index in [0.29, 0.717) is 12.1 Å². The van der Waals surface area contributed by atoms with E-state index >= 15 is 0 Å². The van der Waals surface area contributed by atoms with Crippen LogP contribution in [0.1, 0.15) is 13.3 Å². The minimum absolute atomic E-state index is 0.640. The molecule has 0 saturated carbocycles. The van der Waals surface area contributed by atoms with E-state index in [4.69, 9.17) is 4.74 Å². The number of nitrogens with one attached hydrogen (secondary N) is 1. The number of fused-ring (bicyclic) bond motifs is 1. The Morgan fingerprint density at radius 1 is 1.58 bits per heavy atom. The fraction of sp³-hybridized carbons (Fsp3) is 1.00. The second-order valence-electron chi connectivity index (χ2n) is 3.74. The molecule has 1 N–H and O–H groups in total. The predicted octanol–water partition coefficient (Wildman–Crippen LogP) is 0.0690. The first-order valence-electron chi connectivity index (χ1n) is 4.95. The largest absolute Gasteiger partial charge is 0.378 e. The van der Waals surface area contributed by atoms with Crippen molar-refractivity contribution >= 4 is 0 Å². The van der Waals surface area contributed by atoms with Crippen molar-refractivity contribution in [1.82, 2.24) is 10.2 Å². The molecular formula is C9H18N2O. The van der Waals surface area contributed by atoms with E-state index in [0.717, 1.165) is 26.3 Å². The fourth-order valence-electron chi connectivity index (χ4n) is 2.04. The highest BCUT2D eigenvalue weighted by molar-refractivity contribution is 4.86. The Hall–Kier alpha value is -0.120. The van der Waals surface area contributed by atoms with Gasteiger partial charge in [0.25, 0.3) is 0 Å². The third-order valence-electron chi connectivity index (χ3n) is 2.94. The molecule has 0 bridgehead atoms. The van der Waals surface area contributed by atoms with Gasteiger partial charge in [-0.2, -0.15) is 0 Å². The molecular weight excluding hydrogens is 152 g/mol. The molecule has 2 rings (SSSR count). The van der Waals surface area contributed by atoms with Gasteiger partial charge in [-0.1, -0.05) is 6.92 Å². The van der Waals surface area contributed by atoms with Crippen LogP contribution in [0.5, 0.6) is 0 Å². The van der Waals surface area contributed by atoms with Gasteiger partial charge < -0.3 is 10.1 Å². The Labute approximate surface area is 74.1 Å². The van der Waals surface area contributed by atoms with E-state index in [1.165, 1.54) is 13.0 Å². The maximum Gasteiger partial charge on any atom is 0.0634 e. The second kappa shape index (κ2) is 3.73. The number of rotatable bonds is 1. The first-order valence-corrected chi connectivity index (χ1v) is 4.95. The van der Waals surface area contributed by atoms with Gasteiger partial charge >= 0.3 is 0 Å². The van der Waals surface area contributed by atoms with Gasteiger partial charge in [-0.05, 0) is 6.42 Å². The fourth-order valence-corrected chi connectivity index (χ4v) is 2.04. The van der Waals surface area contributed by atoms with E-state index < -0.39 is 0 Å². The minimum atomic E-state index is 0.640. The van der Waals surface area contributed by atoms with Crippen molar-refractivity contribution in [1.29, 1.82) is 0 Å². The van der Waals surface area contributed by atoms with Crippen LogP contribution in [0.4, 0.5) is 0 Å². The zero-order valence-electron chi connectivity index (χ0n) is 7.75. The summed E-state index contributed by atoms with van der Waals surface area (Å²) in [6.45, 7) is 7.54. The Kier molecular flexibility index (Phi) is 2.63. The lowest BCUT2D eigenvalue weighted by Gasteiger charge is -2.42. The quantitative estimate of drug-likeness (QED) is 0.602. The summed E-state index contributed by atoms with van der Waals surface area (Å²) < 4.78 is 5.43. The standard InChI is InChI=1S/C9H18N2O/c1-2-8-6-11-3-4-12-7-9(11)5-10-8/h8-10H,2-7H2,1H3. The highest BCUT2D eigenvalue weighted by atomic mass is 16.5. The topological polar surface area (TPSA) is 24.5 Å². The van der Waals surface area contributed by atoms with Crippen molar-refractivity contribution in [3.05, 3.63) is 0 Å². The molecule has 2 aliphatic rings. The van der Waals surface area contributed by atoms with E-state index in [1.807, 2.05) is 0 Å². The van der Waals surface area contributed by atoms with Crippen LogP contribution in [0.3, 0.4) is 0 Å². The van der Waals surface area contributed by atoms with Crippen molar-refractivity contribution in [2.75, 3.05) is 32.8 Å². The molecule has 2 saturated heterocycles. The average molecular weight is 170 g/mol. The average Bonchev–Trinajstić information content (AvgIpc) is 2.17. The van der Waals surface area contributed by atoms with E-state index in [9.17, 15) is 0 Å². The number of hydrogen-bond acceptors (Lipinski definition) is 3. The van der Waals surface area contributed by atoms with Gasteiger partial charge in [0.15, 0.2) is 0 Å². The molecule has 3 heteroatoms. The molecule has 2 heterocycles. The van der Waals surface area contributed by atoms with Crippen molar-refractivity contribution < 1.29 is 4.74 Å². The highest BCUT2D eigenvalue weighted by Crippen LogP contribution is 2.12. The third kappa shape index (κ3) is 1.63. The zero-order chi connectivity index (χ0) is 8.39. The van der Waals surface area contributed by atoms with Crippen molar-refractivity contribution in [3.63, 3.8) is 0 Å². The number of piperazine rings is 1. The van der Waals surface area contributed by atoms with E-state index in [2.05, 4.69) is 17.1 Å². The molecule has 0 amide bonds. The summed E-state index contributed by atoms with van der Waals surface area (Å²) >= 11 is 0. The Morgan fingerprint density at radius 2 is 2.50 bits per heavy atom. The molecule has 0 aliphatic carbocycles. The first-order chi connectivity index (χ1) is 5.90. The summed E-state index contributed by atoms with van der Waals surface area (Å²) in [6.07, 6.45) is 1.24. The predicted molar refractivity (Wildman–Crippen MR) is 48.3 cm³/mol. The minimum Gasteiger partial charge on any atom is -0.378 e. The highest BCUT2D eigenvalue weighted by Gasteiger charge is 2.28. The van der Waals surface area contributed by atoms with Gasteiger partial charge in [0.2, 0.25) is 0 Å². The smallest absolute Gasteiger partial charge is 0.0634 e. The van der Waals surface area contributed by atoms with E-state index in [-0.39, 0.29) is 0 Å². The monoisotopic (exact) mass is 170 g/mol. The summed E-state index contributed by atoms with van der Waals surface area (Å²) in [6, 6.07) is 1.35. The molecule has 2 fully saturated rings. The molecule has 2 unspecified atom stereocenters. The molecule has 0 aromatic rings. The van der Waals surface area contributed by atoms with Gasteiger partial charge in [-0.15, -0.1) is 0 Å². The van der Waals surface area contributed by atoms with Crippen molar-refractivity contribution in [3.8, 4) is 0 Å². The Bertz CT molecular complexity index is 151. The van der Waals surface area contributed by atoms with Crippen LogP contribution in [0.2, 0.25) is 0 Å². The number of nitrogens with zero attached hydrogens (tertiary/aromatic N) is 1. The molecule has 3 nitrogen and oxygen atoms in total. The Morgan fingerprint density at radius 3 is 3.33 bits per heavy atom. The summed E-state index contributed by atoms with van der Waals surface area (Å²) in [4.78, 5) is 2.56. The zero-order valence-corrected chi connectivity index (χ0v) is 7.75. The van der Waals surface area contributed by atoms with Crippen molar-refractivity contribution in [2.24, 2.45) is 0 Å². The summed E-state index contributed by atoms with van der Waals surface area (Å²) in [5.41, 5.74) is 0. The van der Waals surface area contributed by atoms with Gasteiger partial charge in [0, 0.05) is 31.7 Å². The van der Waals surface area contributed by atoms with E-state index in [1.54, 1.807) is 0 Å². The summed E-state index contributed by atoms with van der Waals surface area (Å²) in [5.74, 6) is 0. The lowest BCUT2D eigenvalue weighted by molar-refractivity contribution is -0.0262. The number of ether oxygens (including phenoxy) is 1. The van der Waals surface area contributed by atoms with Gasteiger partial charge in [-0.3, -0.25) is 4.90 Å². The third-order valence-corrected chi connectivity index (χ3v) is 2.94. The van der Waals surface area contributed by atoms with Gasteiger partial charge in [0.1, 0.15) is 0 Å². The molecule has 2 atom stereocenters. The molecule has 0 radical (unpaired) electrons. The SMILES string of the molecule is CCC1CN2CCOCC2CN1. The van der Waals surface area contributed by atoms with Crippen LogP contribution in [0, 0.1) is 0 Å². The molecule has 0 spiro atoms. The van der Waals surface area contributed by atoms with Crippen molar-refractivity contribution in [2.45, 2.75) is 25.4 Å². The Balaban J connectivity index is 1.90. The van der Waals surface area contributed by atoms with Crippen LogP contribution in [0.15, 0.2) is 0 Å². The molecule has 0 aromatic carbocycles. The maximum absolute atomic E-state index is 5.43. The van der Waals surface area contributed by atoms with Crippen LogP contribution in [0.25, 0.3) is 0 Å². The summed E-state index contributed by atoms with van der Waals surface area (Å²) in [7, 11) is 0. The normalized spacial score (nSPS) is 37.8. The summed E-state index contributed by atoms with van der Waals surface area (Å²) in [5, 5.41) is 3.55. The van der Waals surface area contributed by atoms with Crippen LogP contribution >= 0.6 is 0 Å². The molecule has 0 aromatic heterocycles. The number of morpholine rings is 1. The van der Waals surface area contributed by atoms with Crippen LogP contribution in [-0.4, -0.2) is 49.8 Å². The van der Waals surface area contributed by atoms with Crippen LogP contribution < -0.4 is 5.32 Å². The molecule has 12 heavy (non-hydrogen) atoms. The lowest BCUT2D eigenvalue weighted by Crippen LogP contribution is -2.60. The number of hydrogen-bond donors (Lipinski definition) is 1.